The van der Waals surface area contributed by atoms with Gasteiger partial charge in [-0.15, -0.1) is 0 Å². The summed E-state index contributed by atoms with van der Waals surface area (Å²) in [6, 6.07) is 0. The van der Waals surface area contributed by atoms with Gasteiger partial charge in [0.15, 0.2) is 0 Å². The van der Waals surface area contributed by atoms with Crippen LogP contribution in [0.25, 0.3) is 0 Å². The standard InChI is InChI=1S/C8H20O10S3Si/c1-5-7(17-21(13,14)18-22(2,3)4)8(16-20(11)12)6-15-19(9)10/h7-8,19-20H,5-6H2,1-4H3. The van der Waals surface area contributed by atoms with E-state index in [0.29, 0.717) is 0 Å². The Morgan fingerprint density at radius 3 is 1.91 bits per heavy atom. The highest BCUT2D eigenvalue weighted by atomic mass is 32.3. The molecule has 0 aliphatic carbocycles. The lowest BCUT2D eigenvalue weighted by molar-refractivity contribution is 0.0284. The fourth-order valence-corrected chi connectivity index (χ4v) is 5.18. The Balaban J connectivity index is 5.12. The number of thiol groups is 2. The van der Waals surface area contributed by atoms with E-state index in [2.05, 4.69) is 8.37 Å². The zero-order valence-electron chi connectivity index (χ0n) is 12.5. The van der Waals surface area contributed by atoms with Crippen molar-refractivity contribution in [3.63, 3.8) is 0 Å². The molecule has 0 aliphatic rings. The van der Waals surface area contributed by atoms with Gasteiger partial charge in [0.05, 0.1) is 6.61 Å². The van der Waals surface area contributed by atoms with Crippen LogP contribution in [0.15, 0.2) is 0 Å². The molecule has 2 atom stereocenters. The number of hydrogen-bond donors (Lipinski definition) is 2. The molecule has 0 aromatic rings. The van der Waals surface area contributed by atoms with E-state index >= 15 is 0 Å². The Labute approximate surface area is 134 Å². The van der Waals surface area contributed by atoms with Crippen LogP contribution in [0.1, 0.15) is 13.3 Å². The Bertz CT molecular complexity index is 572. The molecule has 0 rings (SSSR count). The first-order valence-corrected chi connectivity index (χ1v) is 13.0. The summed E-state index contributed by atoms with van der Waals surface area (Å²) in [5.41, 5.74) is 0. The van der Waals surface area contributed by atoms with Crippen LogP contribution in [0.4, 0.5) is 0 Å². The quantitative estimate of drug-likeness (QED) is 0.339. The third kappa shape index (κ3) is 10.6. The lowest BCUT2D eigenvalue weighted by atomic mass is 10.2. The molecule has 0 heterocycles. The molecule has 0 N–H and O–H groups in total. The third-order valence-electron chi connectivity index (χ3n) is 1.98. The Kier molecular flexibility index (Phi) is 9.22. The van der Waals surface area contributed by atoms with Crippen LogP contribution >= 0.6 is 0 Å². The summed E-state index contributed by atoms with van der Waals surface area (Å²) >= 11 is 0. The molecule has 0 spiro atoms. The van der Waals surface area contributed by atoms with E-state index in [0.717, 1.165) is 0 Å². The fraction of sp³-hybridized carbons (Fsp3) is 1.00. The molecule has 0 bridgehead atoms. The normalized spacial score (nSPS) is 16.1. The van der Waals surface area contributed by atoms with Crippen molar-refractivity contribution in [2.45, 2.75) is 45.2 Å². The Morgan fingerprint density at radius 1 is 1.00 bits per heavy atom. The van der Waals surface area contributed by atoms with Crippen molar-refractivity contribution in [2.75, 3.05) is 6.61 Å². The molecule has 134 valence electrons. The maximum absolute atomic E-state index is 11.8. The van der Waals surface area contributed by atoms with Gasteiger partial charge in [0.2, 0.25) is 8.32 Å². The predicted octanol–water partition coefficient (Wildman–Crippen LogP) is -0.667. The molecule has 0 aromatic carbocycles. The first kappa shape index (κ1) is 21.9. The van der Waals surface area contributed by atoms with Crippen molar-refractivity contribution in [2.24, 2.45) is 0 Å². The van der Waals surface area contributed by atoms with E-state index < -0.39 is 59.5 Å². The molecule has 22 heavy (non-hydrogen) atoms. The summed E-state index contributed by atoms with van der Waals surface area (Å²) in [5, 5.41) is 0. The molecule has 2 unspecified atom stereocenters. The lowest BCUT2D eigenvalue weighted by Gasteiger charge is -2.24. The highest BCUT2D eigenvalue weighted by Gasteiger charge is 2.32. The van der Waals surface area contributed by atoms with Crippen LogP contribution in [-0.4, -0.2) is 52.4 Å². The highest BCUT2D eigenvalue weighted by molar-refractivity contribution is 7.83. The van der Waals surface area contributed by atoms with Crippen LogP contribution in [0.2, 0.25) is 19.6 Å². The smallest absolute Gasteiger partial charge is 0.294 e. The van der Waals surface area contributed by atoms with E-state index in [1.807, 2.05) is 0 Å². The Morgan fingerprint density at radius 2 is 1.55 bits per heavy atom. The first-order valence-electron chi connectivity index (χ1n) is 6.08. The minimum absolute atomic E-state index is 0.0150. The van der Waals surface area contributed by atoms with Gasteiger partial charge in [-0.2, -0.15) is 8.42 Å². The van der Waals surface area contributed by atoms with E-state index in [1.54, 1.807) is 19.6 Å². The number of hydrogen-bond acceptors (Lipinski definition) is 10. The largest absolute Gasteiger partial charge is 0.390 e. The zero-order valence-corrected chi connectivity index (χ0v) is 16.1. The van der Waals surface area contributed by atoms with Gasteiger partial charge in [-0.25, -0.2) is 21.0 Å². The molecule has 14 heteroatoms. The summed E-state index contributed by atoms with van der Waals surface area (Å²) in [6.07, 6.45) is -2.72. The van der Waals surface area contributed by atoms with E-state index in [4.69, 9.17) is 8.06 Å². The van der Waals surface area contributed by atoms with Gasteiger partial charge in [-0.1, -0.05) is 6.92 Å². The summed E-state index contributed by atoms with van der Waals surface area (Å²) < 4.78 is 84.0. The second-order valence-electron chi connectivity index (χ2n) is 5.03. The molecule has 10 nitrogen and oxygen atoms in total. The number of rotatable bonds is 11. The molecule has 0 saturated carbocycles. The maximum Gasteiger partial charge on any atom is 0.390 e. The van der Waals surface area contributed by atoms with Gasteiger partial charge in [0.25, 0.3) is 22.0 Å². The second-order valence-corrected chi connectivity index (χ2v) is 12.3. The van der Waals surface area contributed by atoms with Crippen molar-refractivity contribution >= 4 is 40.7 Å². The van der Waals surface area contributed by atoms with Gasteiger partial charge in [-0.05, 0) is 26.1 Å². The third-order valence-corrected chi connectivity index (χ3v) is 6.08. The van der Waals surface area contributed by atoms with Gasteiger partial charge in [0.1, 0.15) is 12.2 Å². The van der Waals surface area contributed by atoms with Gasteiger partial charge in [-0.3, -0.25) is 12.2 Å². The topological polar surface area (TPSA) is 139 Å². The lowest BCUT2D eigenvalue weighted by Crippen LogP contribution is -2.39. The molecule has 0 radical (unpaired) electrons. The molecule has 0 aliphatic heterocycles. The van der Waals surface area contributed by atoms with Crippen molar-refractivity contribution in [3.8, 4) is 0 Å². The monoisotopic (exact) mass is 400 g/mol. The molecule has 0 saturated heterocycles. The summed E-state index contributed by atoms with van der Waals surface area (Å²) in [4.78, 5) is 0. The van der Waals surface area contributed by atoms with Crippen LogP contribution < -0.4 is 0 Å². The maximum atomic E-state index is 11.8. The summed E-state index contributed by atoms with van der Waals surface area (Å²) in [7, 11) is -13.5. The molecule has 0 aromatic heterocycles. The minimum Gasteiger partial charge on any atom is -0.294 e. The van der Waals surface area contributed by atoms with Crippen LogP contribution in [0.3, 0.4) is 0 Å². The van der Waals surface area contributed by atoms with Crippen molar-refractivity contribution < 1.29 is 41.7 Å². The van der Waals surface area contributed by atoms with Gasteiger partial charge >= 0.3 is 10.4 Å². The predicted molar refractivity (Wildman–Crippen MR) is 80.0 cm³/mol. The molecular formula is C8H20O10S3Si. The second kappa shape index (κ2) is 9.26. The molecular weight excluding hydrogens is 380 g/mol. The average Bonchev–Trinajstić information content (AvgIpc) is 2.27. The van der Waals surface area contributed by atoms with Crippen molar-refractivity contribution in [1.29, 1.82) is 0 Å². The van der Waals surface area contributed by atoms with Crippen molar-refractivity contribution in [1.82, 2.24) is 0 Å². The van der Waals surface area contributed by atoms with Crippen LogP contribution in [-0.2, 0) is 48.8 Å². The average molecular weight is 401 g/mol. The van der Waals surface area contributed by atoms with E-state index in [-0.39, 0.29) is 6.42 Å². The molecule has 0 fully saturated rings. The SMILES string of the molecule is CCC(OS(=O)(=O)O[Si](C)(C)C)C(CO[SH](=O)=O)O[SH](=O)=O. The molecule has 0 amide bonds. The minimum atomic E-state index is -4.39. The Hall–Kier alpha value is -0.0931. The van der Waals surface area contributed by atoms with Gasteiger partial charge < -0.3 is 0 Å². The first-order chi connectivity index (χ1) is 9.86. The van der Waals surface area contributed by atoms with E-state index in [1.165, 1.54) is 6.92 Å². The van der Waals surface area contributed by atoms with Crippen molar-refractivity contribution in [3.05, 3.63) is 0 Å². The van der Waals surface area contributed by atoms with E-state index in [9.17, 15) is 25.3 Å². The summed E-state index contributed by atoms with van der Waals surface area (Å²) in [6.45, 7) is 5.64. The highest BCUT2D eigenvalue weighted by Crippen LogP contribution is 2.17. The van der Waals surface area contributed by atoms with Crippen LogP contribution in [0, 0.1) is 0 Å². The van der Waals surface area contributed by atoms with Gasteiger partial charge in [0, 0.05) is 0 Å². The zero-order chi connectivity index (χ0) is 17.6. The van der Waals surface area contributed by atoms with Crippen LogP contribution in [0.5, 0.6) is 0 Å². The fourth-order valence-electron chi connectivity index (χ4n) is 1.32. The summed E-state index contributed by atoms with van der Waals surface area (Å²) in [5.74, 6) is 0.